The fraction of sp³-hybridized carbons (Fsp3) is 0.200. The molecule has 3 rings (SSSR count). The van der Waals surface area contributed by atoms with Gasteiger partial charge in [0.15, 0.2) is 0 Å². The lowest BCUT2D eigenvalue weighted by molar-refractivity contribution is 0.209. The Hall–Kier alpha value is -2.79. The van der Waals surface area contributed by atoms with Crippen molar-refractivity contribution in [3.05, 3.63) is 82.9 Å². The molecular weight excluding hydrogens is 348 g/mol. The van der Waals surface area contributed by atoms with E-state index < -0.39 is 0 Å². The minimum absolute atomic E-state index is 0.210. The minimum atomic E-state index is -0.336. The van der Waals surface area contributed by atoms with Crippen LogP contribution < -0.4 is 5.32 Å². The Morgan fingerprint density at radius 1 is 1.23 bits per heavy atom. The standard InChI is InChI=1S/C20H21ClN4O/c1-14-5-4-6-17(13-14)23-20(26)25(3)18(19-22-11-12-24(19)2)15-7-9-16(21)10-8-15/h4-13,18H,1-3H3,(H,23,26)/t18-/m1/s1. The van der Waals surface area contributed by atoms with Crippen molar-refractivity contribution >= 4 is 23.3 Å². The van der Waals surface area contributed by atoms with Crippen molar-refractivity contribution in [2.45, 2.75) is 13.0 Å². The van der Waals surface area contributed by atoms with E-state index in [0.717, 1.165) is 22.6 Å². The first-order valence-corrected chi connectivity index (χ1v) is 8.66. The van der Waals surface area contributed by atoms with Crippen LogP contribution in [0.15, 0.2) is 60.9 Å². The largest absolute Gasteiger partial charge is 0.336 e. The fourth-order valence-corrected chi connectivity index (χ4v) is 3.01. The van der Waals surface area contributed by atoms with Gasteiger partial charge in [-0.2, -0.15) is 0 Å². The van der Waals surface area contributed by atoms with Crippen molar-refractivity contribution in [1.82, 2.24) is 14.5 Å². The van der Waals surface area contributed by atoms with Crippen LogP contribution >= 0.6 is 11.6 Å². The number of carbonyl (C=O) groups is 1. The van der Waals surface area contributed by atoms with Crippen molar-refractivity contribution in [2.24, 2.45) is 7.05 Å². The van der Waals surface area contributed by atoms with Gasteiger partial charge in [0.05, 0.1) is 0 Å². The van der Waals surface area contributed by atoms with E-state index in [9.17, 15) is 4.79 Å². The maximum absolute atomic E-state index is 12.9. The molecule has 0 fully saturated rings. The first kappa shape index (κ1) is 18.0. The molecule has 1 heterocycles. The highest BCUT2D eigenvalue weighted by Crippen LogP contribution is 2.28. The first-order chi connectivity index (χ1) is 12.5. The summed E-state index contributed by atoms with van der Waals surface area (Å²) in [6.07, 6.45) is 3.59. The van der Waals surface area contributed by atoms with E-state index in [1.54, 1.807) is 18.1 Å². The van der Waals surface area contributed by atoms with Crippen LogP contribution in [0.5, 0.6) is 0 Å². The number of benzene rings is 2. The summed E-state index contributed by atoms with van der Waals surface area (Å²) in [6, 6.07) is 14.6. The van der Waals surface area contributed by atoms with Gasteiger partial charge in [-0.1, -0.05) is 35.9 Å². The Kier molecular flexibility index (Phi) is 5.28. The number of anilines is 1. The van der Waals surface area contributed by atoms with Crippen LogP contribution in [0.4, 0.5) is 10.5 Å². The molecule has 0 aliphatic heterocycles. The summed E-state index contributed by atoms with van der Waals surface area (Å²) in [5, 5.41) is 3.60. The van der Waals surface area contributed by atoms with Gasteiger partial charge in [0.1, 0.15) is 11.9 Å². The molecule has 1 aromatic heterocycles. The number of halogens is 1. The number of amides is 2. The number of hydrogen-bond acceptors (Lipinski definition) is 2. The smallest absolute Gasteiger partial charge is 0.322 e. The van der Waals surface area contributed by atoms with E-state index in [-0.39, 0.29) is 12.1 Å². The molecule has 0 bridgehead atoms. The van der Waals surface area contributed by atoms with Crippen LogP contribution in [0.2, 0.25) is 5.02 Å². The quantitative estimate of drug-likeness (QED) is 0.729. The molecule has 0 saturated carbocycles. The summed E-state index contributed by atoms with van der Waals surface area (Å²) < 4.78 is 1.91. The van der Waals surface area contributed by atoms with E-state index in [1.807, 2.05) is 73.3 Å². The summed E-state index contributed by atoms with van der Waals surface area (Å²) in [4.78, 5) is 19.0. The van der Waals surface area contributed by atoms with E-state index >= 15 is 0 Å². The Morgan fingerprint density at radius 3 is 2.58 bits per heavy atom. The van der Waals surface area contributed by atoms with E-state index in [0.29, 0.717) is 5.02 Å². The van der Waals surface area contributed by atoms with Crippen LogP contribution in [0.3, 0.4) is 0 Å². The molecule has 2 amide bonds. The molecule has 0 saturated heterocycles. The highest BCUT2D eigenvalue weighted by atomic mass is 35.5. The third kappa shape index (κ3) is 3.89. The number of urea groups is 1. The van der Waals surface area contributed by atoms with Gasteiger partial charge in [0.2, 0.25) is 0 Å². The molecule has 2 aromatic carbocycles. The molecule has 1 N–H and O–H groups in total. The normalized spacial score (nSPS) is 11.8. The summed E-state index contributed by atoms with van der Waals surface area (Å²) in [5.41, 5.74) is 2.78. The summed E-state index contributed by atoms with van der Waals surface area (Å²) >= 11 is 6.02. The van der Waals surface area contributed by atoms with Gasteiger partial charge in [-0.15, -0.1) is 0 Å². The van der Waals surface area contributed by atoms with Crippen LogP contribution in [-0.2, 0) is 7.05 Å². The third-order valence-corrected chi connectivity index (χ3v) is 4.52. The van der Waals surface area contributed by atoms with Crippen LogP contribution in [0, 0.1) is 6.92 Å². The molecule has 1 atom stereocenters. The topological polar surface area (TPSA) is 50.2 Å². The average Bonchev–Trinajstić information content (AvgIpc) is 3.02. The summed E-state index contributed by atoms with van der Waals surface area (Å²) in [5.74, 6) is 0.772. The Balaban J connectivity index is 1.92. The van der Waals surface area contributed by atoms with Crippen molar-refractivity contribution < 1.29 is 4.79 Å². The van der Waals surface area contributed by atoms with Crippen molar-refractivity contribution in [3.8, 4) is 0 Å². The zero-order valence-corrected chi connectivity index (χ0v) is 15.7. The molecule has 0 spiro atoms. The Morgan fingerprint density at radius 2 is 1.96 bits per heavy atom. The van der Waals surface area contributed by atoms with Gasteiger partial charge < -0.3 is 14.8 Å². The molecule has 0 radical (unpaired) electrons. The number of rotatable bonds is 4. The number of aromatic nitrogens is 2. The zero-order valence-electron chi connectivity index (χ0n) is 15.0. The van der Waals surface area contributed by atoms with E-state index in [1.165, 1.54) is 0 Å². The highest BCUT2D eigenvalue weighted by molar-refractivity contribution is 6.30. The average molecular weight is 369 g/mol. The van der Waals surface area contributed by atoms with Crippen molar-refractivity contribution in [3.63, 3.8) is 0 Å². The molecule has 0 aliphatic rings. The number of nitrogens with zero attached hydrogens (tertiary/aromatic N) is 3. The number of aryl methyl sites for hydroxylation is 2. The second-order valence-corrected chi connectivity index (χ2v) is 6.70. The molecular formula is C20H21ClN4O. The number of carbonyl (C=O) groups excluding carboxylic acids is 1. The molecule has 0 unspecified atom stereocenters. The van der Waals surface area contributed by atoms with Gasteiger partial charge in [-0.3, -0.25) is 0 Å². The third-order valence-electron chi connectivity index (χ3n) is 4.27. The molecule has 26 heavy (non-hydrogen) atoms. The van der Waals surface area contributed by atoms with Gasteiger partial charge in [0.25, 0.3) is 0 Å². The van der Waals surface area contributed by atoms with Gasteiger partial charge in [-0.05, 0) is 42.3 Å². The monoisotopic (exact) mass is 368 g/mol. The summed E-state index contributed by atoms with van der Waals surface area (Å²) in [6.45, 7) is 1.99. The van der Waals surface area contributed by atoms with Gasteiger partial charge >= 0.3 is 6.03 Å². The molecule has 0 aliphatic carbocycles. The lowest BCUT2D eigenvalue weighted by atomic mass is 10.1. The van der Waals surface area contributed by atoms with Crippen LogP contribution in [-0.4, -0.2) is 27.5 Å². The Labute approximate surface area is 158 Å². The van der Waals surface area contributed by atoms with Crippen molar-refractivity contribution in [1.29, 1.82) is 0 Å². The Bertz CT molecular complexity index is 904. The van der Waals surface area contributed by atoms with Gasteiger partial charge in [-0.25, -0.2) is 9.78 Å². The van der Waals surface area contributed by atoms with Gasteiger partial charge in [0, 0.05) is 37.2 Å². The lowest BCUT2D eigenvalue weighted by Gasteiger charge is -2.28. The maximum Gasteiger partial charge on any atom is 0.322 e. The van der Waals surface area contributed by atoms with Crippen molar-refractivity contribution in [2.75, 3.05) is 12.4 Å². The second-order valence-electron chi connectivity index (χ2n) is 6.26. The molecule has 134 valence electrons. The molecule has 3 aromatic rings. The summed E-state index contributed by atoms with van der Waals surface area (Å²) in [7, 11) is 3.68. The number of imidazole rings is 1. The van der Waals surface area contributed by atoms with E-state index in [2.05, 4.69) is 10.3 Å². The second kappa shape index (κ2) is 7.62. The first-order valence-electron chi connectivity index (χ1n) is 8.29. The zero-order chi connectivity index (χ0) is 18.7. The van der Waals surface area contributed by atoms with E-state index in [4.69, 9.17) is 11.6 Å². The van der Waals surface area contributed by atoms with Crippen LogP contribution in [0.25, 0.3) is 0 Å². The van der Waals surface area contributed by atoms with Crippen LogP contribution in [0.1, 0.15) is 23.0 Å². The SMILES string of the molecule is Cc1cccc(NC(=O)N(C)[C@H](c2ccc(Cl)cc2)c2nccn2C)c1. The predicted molar refractivity (Wildman–Crippen MR) is 104 cm³/mol. The maximum atomic E-state index is 12.9. The number of nitrogens with one attached hydrogen (secondary N) is 1. The molecule has 5 nitrogen and oxygen atoms in total. The highest BCUT2D eigenvalue weighted by Gasteiger charge is 2.26. The predicted octanol–water partition coefficient (Wildman–Crippen LogP) is 4.64. The number of hydrogen-bond donors (Lipinski definition) is 1. The lowest BCUT2D eigenvalue weighted by Crippen LogP contribution is -2.36. The minimum Gasteiger partial charge on any atom is -0.336 e. The molecule has 6 heteroatoms. The fourth-order valence-electron chi connectivity index (χ4n) is 2.88.